The van der Waals surface area contributed by atoms with Gasteiger partial charge in [-0.25, -0.2) is 4.39 Å². The molecule has 0 bridgehead atoms. The summed E-state index contributed by atoms with van der Waals surface area (Å²) in [6.07, 6.45) is 0.691. The Morgan fingerprint density at radius 2 is 2.12 bits per heavy atom. The van der Waals surface area contributed by atoms with Gasteiger partial charge in [-0.2, -0.15) is 0 Å². The Morgan fingerprint density at radius 1 is 1.50 bits per heavy atom. The minimum atomic E-state index is -0.520. The fourth-order valence-electron chi connectivity index (χ4n) is 1.20. The first-order valence-electron chi connectivity index (χ1n) is 5.15. The van der Waals surface area contributed by atoms with Crippen LogP contribution in [0.2, 0.25) is 0 Å². The van der Waals surface area contributed by atoms with E-state index in [4.69, 9.17) is 11.6 Å². The molecule has 1 aromatic rings. The number of halogens is 2. The van der Waals surface area contributed by atoms with Crippen LogP contribution in [0, 0.1) is 5.82 Å². The second-order valence-electron chi connectivity index (χ2n) is 3.98. The normalized spacial score (nSPS) is 14.2. The molecule has 0 saturated carbocycles. The fourth-order valence-corrected chi connectivity index (χ4v) is 1.46. The number of amides is 1. The van der Waals surface area contributed by atoms with Crippen LogP contribution in [-0.2, 0) is 0 Å². The maximum absolute atomic E-state index is 13.3. The highest BCUT2D eigenvalue weighted by Crippen LogP contribution is 2.14. The van der Waals surface area contributed by atoms with E-state index in [0.717, 1.165) is 0 Å². The summed E-state index contributed by atoms with van der Waals surface area (Å²) < 4.78 is 13.3. The molecule has 88 valence electrons. The SMILES string of the molecule is CCC(C)(CCl)NC(=O)c1ccccc1F. The van der Waals surface area contributed by atoms with Crippen LogP contribution in [0.5, 0.6) is 0 Å². The van der Waals surface area contributed by atoms with Gasteiger partial charge in [0.1, 0.15) is 5.82 Å². The molecule has 1 atom stereocenters. The van der Waals surface area contributed by atoms with Gasteiger partial charge in [-0.3, -0.25) is 4.79 Å². The van der Waals surface area contributed by atoms with Crippen molar-refractivity contribution in [2.45, 2.75) is 25.8 Å². The molecular formula is C12H15ClFNO. The molecule has 16 heavy (non-hydrogen) atoms. The molecule has 0 spiro atoms. The first-order valence-corrected chi connectivity index (χ1v) is 5.69. The Morgan fingerprint density at radius 3 is 2.62 bits per heavy atom. The summed E-state index contributed by atoms with van der Waals surface area (Å²) in [4.78, 5) is 11.8. The number of carbonyl (C=O) groups excluding carboxylic acids is 1. The van der Waals surface area contributed by atoms with Crippen molar-refractivity contribution in [3.63, 3.8) is 0 Å². The summed E-state index contributed by atoms with van der Waals surface area (Å²) in [6.45, 7) is 3.75. The van der Waals surface area contributed by atoms with Crippen molar-refractivity contribution in [1.82, 2.24) is 5.32 Å². The first-order chi connectivity index (χ1) is 7.52. The molecule has 0 aliphatic carbocycles. The van der Waals surface area contributed by atoms with E-state index in [1.54, 1.807) is 12.1 Å². The second kappa shape index (κ2) is 5.30. The van der Waals surface area contributed by atoms with Crippen molar-refractivity contribution < 1.29 is 9.18 Å². The van der Waals surface area contributed by atoms with Crippen molar-refractivity contribution in [3.05, 3.63) is 35.6 Å². The van der Waals surface area contributed by atoms with Crippen LogP contribution in [-0.4, -0.2) is 17.3 Å². The van der Waals surface area contributed by atoms with Gasteiger partial charge in [0.05, 0.1) is 11.1 Å². The maximum Gasteiger partial charge on any atom is 0.254 e. The lowest BCUT2D eigenvalue weighted by atomic mass is 10.0. The van der Waals surface area contributed by atoms with Crippen LogP contribution in [0.15, 0.2) is 24.3 Å². The van der Waals surface area contributed by atoms with Crippen LogP contribution in [0.3, 0.4) is 0 Å². The molecule has 1 aromatic carbocycles. The molecule has 0 aromatic heterocycles. The van der Waals surface area contributed by atoms with E-state index in [1.807, 2.05) is 13.8 Å². The lowest BCUT2D eigenvalue weighted by molar-refractivity contribution is 0.0908. The first kappa shape index (κ1) is 13.0. The summed E-state index contributed by atoms with van der Waals surface area (Å²) in [6, 6.07) is 5.89. The highest BCUT2D eigenvalue weighted by atomic mass is 35.5. The van der Waals surface area contributed by atoms with E-state index >= 15 is 0 Å². The largest absolute Gasteiger partial charge is 0.346 e. The van der Waals surface area contributed by atoms with Crippen molar-refractivity contribution in [1.29, 1.82) is 0 Å². The quantitative estimate of drug-likeness (QED) is 0.810. The third kappa shape index (κ3) is 2.95. The summed E-state index contributed by atoms with van der Waals surface area (Å²) in [5, 5.41) is 2.74. The highest BCUT2D eigenvalue weighted by molar-refractivity contribution is 6.18. The Labute approximate surface area is 99.8 Å². The number of hydrogen-bond donors (Lipinski definition) is 1. The van der Waals surface area contributed by atoms with Crippen LogP contribution in [0.25, 0.3) is 0 Å². The number of nitrogens with one attached hydrogen (secondary N) is 1. The zero-order valence-corrected chi connectivity index (χ0v) is 10.1. The molecule has 1 amide bonds. The molecule has 0 radical (unpaired) electrons. The van der Waals surface area contributed by atoms with E-state index in [-0.39, 0.29) is 5.56 Å². The summed E-state index contributed by atoms with van der Waals surface area (Å²) in [5.41, 5.74) is -0.451. The topological polar surface area (TPSA) is 29.1 Å². The molecule has 2 nitrogen and oxygen atoms in total. The van der Waals surface area contributed by atoms with E-state index in [0.29, 0.717) is 12.3 Å². The maximum atomic E-state index is 13.3. The Kier molecular flexibility index (Phi) is 4.30. The monoisotopic (exact) mass is 243 g/mol. The molecular weight excluding hydrogens is 229 g/mol. The van der Waals surface area contributed by atoms with Gasteiger partial charge in [-0.05, 0) is 25.5 Å². The van der Waals surface area contributed by atoms with Gasteiger partial charge >= 0.3 is 0 Å². The van der Waals surface area contributed by atoms with Crippen molar-refractivity contribution in [2.75, 3.05) is 5.88 Å². The minimum Gasteiger partial charge on any atom is -0.346 e. The number of carbonyl (C=O) groups is 1. The van der Waals surface area contributed by atoms with Crippen molar-refractivity contribution in [2.24, 2.45) is 0 Å². The van der Waals surface area contributed by atoms with E-state index in [9.17, 15) is 9.18 Å². The van der Waals surface area contributed by atoms with Crippen LogP contribution in [0.4, 0.5) is 4.39 Å². The molecule has 0 fully saturated rings. The molecule has 0 heterocycles. The van der Waals surface area contributed by atoms with Crippen molar-refractivity contribution >= 4 is 17.5 Å². The Bertz CT molecular complexity index is 377. The molecule has 1 unspecified atom stereocenters. The molecule has 4 heteroatoms. The summed E-state index contributed by atoms with van der Waals surface area (Å²) in [5.74, 6) is -0.653. The number of benzene rings is 1. The van der Waals surface area contributed by atoms with Gasteiger partial charge in [-0.15, -0.1) is 11.6 Å². The number of hydrogen-bond acceptors (Lipinski definition) is 1. The number of alkyl halides is 1. The zero-order chi connectivity index (χ0) is 12.2. The van der Waals surface area contributed by atoms with E-state index < -0.39 is 17.3 Å². The lowest BCUT2D eigenvalue weighted by Gasteiger charge is -2.27. The Balaban J connectivity index is 2.84. The lowest BCUT2D eigenvalue weighted by Crippen LogP contribution is -2.47. The summed E-state index contributed by atoms with van der Waals surface area (Å²) in [7, 11) is 0. The van der Waals surface area contributed by atoms with Gasteiger partial charge in [0.15, 0.2) is 0 Å². The molecule has 0 saturated heterocycles. The zero-order valence-electron chi connectivity index (χ0n) is 9.39. The smallest absolute Gasteiger partial charge is 0.254 e. The van der Waals surface area contributed by atoms with Gasteiger partial charge in [0.2, 0.25) is 0 Å². The Hall–Kier alpha value is -1.09. The molecule has 1 N–H and O–H groups in total. The second-order valence-corrected chi connectivity index (χ2v) is 4.25. The predicted molar refractivity (Wildman–Crippen MR) is 63.3 cm³/mol. The molecule has 0 aliphatic rings. The number of rotatable bonds is 4. The van der Waals surface area contributed by atoms with Crippen LogP contribution >= 0.6 is 11.6 Å². The van der Waals surface area contributed by atoms with Crippen molar-refractivity contribution in [3.8, 4) is 0 Å². The van der Waals surface area contributed by atoms with Gasteiger partial charge in [0, 0.05) is 5.88 Å². The highest BCUT2D eigenvalue weighted by Gasteiger charge is 2.24. The molecule has 1 rings (SSSR count). The standard InChI is InChI=1S/C12H15ClFNO/c1-3-12(2,8-13)15-11(16)9-6-4-5-7-10(9)14/h4-7H,3,8H2,1-2H3,(H,15,16). The average molecular weight is 244 g/mol. The average Bonchev–Trinajstić information content (AvgIpc) is 2.29. The van der Waals surface area contributed by atoms with Gasteiger partial charge in [-0.1, -0.05) is 19.1 Å². The molecule has 0 aliphatic heterocycles. The summed E-state index contributed by atoms with van der Waals surface area (Å²) >= 11 is 5.77. The van der Waals surface area contributed by atoms with Gasteiger partial charge in [0.25, 0.3) is 5.91 Å². The predicted octanol–water partition coefficient (Wildman–Crippen LogP) is 2.96. The van der Waals surface area contributed by atoms with E-state index in [2.05, 4.69) is 5.32 Å². The van der Waals surface area contributed by atoms with E-state index in [1.165, 1.54) is 12.1 Å². The fraction of sp³-hybridized carbons (Fsp3) is 0.417. The minimum absolute atomic E-state index is 0.0484. The van der Waals surface area contributed by atoms with Crippen LogP contribution in [0.1, 0.15) is 30.6 Å². The van der Waals surface area contributed by atoms with Gasteiger partial charge < -0.3 is 5.32 Å². The third-order valence-corrected chi connectivity index (χ3v) is 3.20. The van der Waals surface area contributed by atoms with Crippen LogP contribution < -0.4 is 5.32 Å². The third-order valence-electron chi connectivity index (χ3n) is 2.61.